The van der Waals surface area contributed by atoms with Crippen LogP contribution in [-0.2, 0) is 10.4 Å². The Hall–Kier alpha value is -1.69. The van der Waals surface area contributed by atoms with Gasteiger partial charge in [0.2, 0.25) is 0 Å². The average Bonchev–Trinajstić information content (AvgIpc) is 3.00. The smallest absolute Gasteiger partial charge is 0.261 e. The van der Waals surface area contributed by atoms with Gasteiger partial charge in [0.05, 0.1) is 11.3 Å². The molecule has 2 aromatic rings. The van der Waals surface area contributed by atoms with E-state index in [2.05, 4.69) is 5.32 Å². The second-order valence-corrected chi connectivity index (χ2v) is 5.97. The summed E-state index contributed by atoms with van der Waals surface area (Å²) < 4.78 is 0. The van der Waals surface area contributed by atoms with Crippen molar-refractivity contribution in [2.24, 2.45) is 0 Å². The molecule has 1 amide bonds. The second-order valence-electron chi connectivity index (χ2n) is 4.58. The zero-order valence-corrected chi connectivity index (χ0v) is 11.8. The van der Waals surface area contributed by atoms with Gasteiger partial charge in [-0.15, -0.1) is 11.3 Å². The van der Waals surface area contributed by atoms with E-state index < -0.39 is 11.5 Å². The summed E-state index contributed by atoms with van der Waals surface area (Å²) in [5, 5.41) is 15.4. The average molecular weight is 308 g/mol. The molecule has 1 atom stereocenters. The molecule has 4 nitrogen and oxygen atoms in total. The van der Waals surface area contributed by atoms with E-state index in [-0.39, 0.29) is 12.2 Å². The molecule has 0 saturated heterocycles. The number of ketones is 1. The lowest BCUT2D eigenvalue weighted by molar-refractivity contribution is -0.133. The molecule has 0 aliphatic carbocycles. The van der Waals surface area contributed by atoms with Crippen molar-refractivity contribution < 1.29 is 14.7 Å². The third-order valence-electron chi connectivity index (χ3n) is 3.26. The summed E-state index contributed by atoms with van der Waals surface area (Å²) >= 11 is 7.18. The summed E-state index contributed by atoms with van der Waals surface area (Å²) in [5.74, 6) is -0.870. The Balaban J connectivity index is 1.98. The first-order chi connectivity index (χ1) is 9.50. The summed E-state index contributed by atoms with van der Waals surface area (Å²) in [4.78, 5) is 24.7. The Morgan fingerprint density at radius 2 is 2.20 bits per heavy atom. The van der Waals surface area contributed by atoms with Crippen LogP contribution in [0.5, 0.6) is 0 Å². The molecule has 0 unspecified atom stereocenters. The SMILES string of the molecule is O=C(C[C@]1(O)C(=O)Nc2ccc(Cl)cc21)c1cccs1. The molecular weight excluding hydrogens is 298 g/mol. The second kappa shape index (κ2) is 4.70. The number of halogens is 1. The van der Waals surface area contributed by atoms with Crippen LogP contribution >= 0.6 is 22.9 Å². The van der Waals surface area contributed by atoms with E-state index in [1.807, 2.05) is 0 Å². The maximum absolute atomic E-state index is 12.1. The number of aliphatic hydroxyl groups is 1. The number of anilines is 1. The lowest BCUT2D eigenvalue weighted by Crippen LogP contribution is -2.36. The lowest BCUT2D eigenvalue weighted by atomic mass is 9.89. The van der Waals surface area contributed by atoms with E-state index in [1.165, 1.54) is 17.4 Å². The van der Waals surface area contributed by atoms with Gasteiger partial charge in [-0.05, 0) is 29.6 Å². The van der Waals surface area contributed by atoms with Crippen LogP contribution in [0.25, 0.3) is 0 Å². The molecule has 1 aromatic carbocycles. The fourth-order valence-electron chi connectivity index (χ4n) is 2.25. The van der Waals surface area contributed by atoms with Crippen molar-refractivity contribution >= 4 is 40.3 Å². The van der Waals surface area contributed by atoms with Gasteiger partial charge in [-0.25, -0.2) is 0 Å². The van der Waals surface area contributed by atoms with Crippen LogP contribution < -0.4 is 5.32 Å². The lowest BCUT2D eigenvalue weighted by Gasteiger charge is -2.19. The number of benzene rings is 1. The number of hydrogen-bond donors (Lipinski definition) is 2. The van der Waals surface area contributed by atoms with Crippen molar-refractivity contribution in [3.05, 3.63) is 51.2 Å². The summed E-state index contributed by atoms with van der Waals surface area (Å²) in [7, 11) is 0. The topological polar surface area (TPSA) is 66.4 Å². The van der Waals surface area contributed by atoms with Gasteiger partial charge in [-0.3, -0.25) is 9.59 Å². The minimum Gasteiger partial charge on any atom is -0.375 e. The maximum atomic E-state index is 12.1. The van der Waals surface area contributed by atoms with Crippen molar-refractivity contribution in [2.75, 3.05) is 5.32 Å². The largest absolute Gasteiger partial charge is 0.375 e. The van der Waals surface area contributed by atoms with Crippen molar-refractivity contribution in [1.29, 1.82) is 0 Å². The third-order valence-corrected chi connectivity index (χ3v) is 4.41. The molecule has 0 bridgehead atoms. The normalized spacial score (nSPS) is 20.6. The van der Waals surface area contributed by atoms with Crippen molar-refractivity contribution in [3.63, 3.8) is 0 Å². The molecule has 2 heterocycles. The van der Waals surface area contributed by atoms with Gasteiger partial charge >= 0.3 is 0 Å². The number of rotatable bonds is 3. The van der Waals surface area contributed by atoms with Gasteiger partial charge in [-0.1, -0.05) is 17.7 Å². The van der Waals surface area contributed by atoms with Crippen LogP contribution in [0.4, 0.5) is 5.69 Å². The number of Topliss-reactive ketones (excluding diaryl/α,β-unsaturated/α-hetero) is 1. The monoisotopic (exact) mass is 307 g/mol. The molecule has 1 aliphatic rings. The first-order valence-corrected chi connectivity index (χ1v) is 7.17. The summed E-state index contributed by atoms with van der Waals surface area (Å²) in [6, 6.07) is 8.16. The molecular formula is C14H10ClNO3S. The Morgan fingerprint density at radius 1 is 1.40 bits per heavy atom. The highest BCUT2D eigenvalue weighted by Crippen LogP contribution is 2.40. The van der Waals surface area contributed by atoms with Crippen molar-refractivity contribution in [3.8, 4) is 0 Å². The fraction of sp³-hybridized carbons (Fsp3) is 0.143. The Labute approximate surface area is 124 Å². The molecule has 6 heteroatoms. The Morgan fingerprint density at radius 3 is 2.90 bits per heavy atom. The molecule has 0 fully saturated rings. The molecule has 20 heavy (non-hydrogen) atoms. The van der Waals surface area contributed by atoms with E-state index in [0.717, 1.165) is 0 Å². The van der Waals surface area contributed by atoms with Gasteiger partial charge in [-0.2, -0.15) is 0 Å². The van der Waals surface area contributed by atoms with Gasteiger partial charge in [0.15, 0.2) is 11.4 Å². The van der Waals surface area contributed by atoms with Crippen LogP contribution in [-0.4, -0.2) is 16.8 Å². The fourth-order valence-corrected chi connectivity index (χ4v) is 3.08. The zero-order valence-electron chi connectivity index (χ0n) is 10.2. The highest BCUT2D eigenvalue weighted by Gasteiger charge is 2.47. The number of nitrogens with one attached hydrogen (secondary N) is 1. The third kappa shape index (κ3) is 2.04. The van der Waals surface area contributed by atoms with E-state index in [1.54, 1.807) is 29.6 Å². The first kappa shape index (κ1) is 13.3. The molecule has 0 radical (unpaired) electrons. The molecule has 1 aliphatic heterocycles. The Bertz CT molecular complexity index is 698. The van der Waals surface area contributed by atoms with Crippen LogP contribution in [0.15, 0.2) is 35.7 Å². The number of thiophene rings is 1. The first-order valence-electron chi connectivity index (χ1n) is 5.91. The number of carbonyl (C=O) groups excluding carboxylic acids is 2. The van der Waals surface area contributed by atoms with Crippen LogP contribution in [0, 0.1) is 0 Å². The summed E-state index contributed by atoms with van der Waals surface area (Å²) in [5.41, 5.74) is -1.03. The van der Waals surface area contributed by atoms with Gasteiger partial charge in [0, 0.05) is 16.3 Å². The van der Waals surface area contributed by atoms with E-state index in [9.17, 15) is 14.7 Å². The molecule has 0 spiro atoms. The summed E-state index contributed by atoms with van der Waals surface area (Å²) in [6.45, 7) is 0. The zero-order chi connectivity index (χ0) is 14.3. The highest BCUT2D eigenvalue weighted by atomic mass is 35.5. The van der Waals surface area contributed by atoms with E-state index >= 15 is 0 Å². The van der Waals surface area contributed by atoms with Crippen LogP contribution in [0.3, 0.4) is 0 Å². The number of carbonyl (C=O) groups is 2. The molecule has 2 N–H and O–H groups in total. The molecule has 102 valence electrons. The van der Waals surface area contributed by atoms with Crippen molar-refractivity contribution in [1.82, 2.24) is 0 Å². The van der Waals surface area contributed by atoms with Crippen molar-refractivity contribution in [2.45, 2.75) is 12.0 Å². The molecule has 0 saturated carbocycles. The van der Waals surface area contributed by atoms with E-state index in [4.69, 9.17) is 11.6 Å². The maximum Gasteiger partial charge on any atom is 0.261 e. The number of fused-ring (bicyclic) bond motifs is 1. The standard InChI is InChI=1S/C14H10ClNO3S/c15-8-3-4-10-9(6-8)14(19,13(18)16-10)7-11(17)12-2-1-5-20-12/h1-6,19H,7H2,(H,16,18)/t14-/m1/s1. The summed E-state index contributed by atoms with van der Waals surface area (Å²) in [6.07, 6.45) is -0.299. The number of amides is 1. The number of hydrogen-bond acceptors (Lipinski definition) is 4. The van der Waals surface area contributed by atoms with Gasteiger partial charge in [0.25, 0.3) is 5.91 Å². The minimum absolute atomic E-state index is 0.273. The quantitative estimate of drug-likeness (QED) is 0.857. The van der Waals surface area contributed by atoms with E-state index in [0.29, 0.717) is 21.2 Å². The predicted molar refractivity (Wildman–Crippen MR) is 77.2 cm³/mol. The van der Waals surface area contributed by atoms with Crippen LogP contribution in [0.2, 0.25) is 5.02 Å². The predicted octanol–water partition coefficient (Wildman–Crippen LogP) is 2.81. The minimum atomic E-state index is -1.86. The van der Waals surface area contributed by atoms with Crippen LogP contribution in [0.1, 0.15) is 21.7 Å². The molecule has 3 rings (SSSR count). The molecule has 1 aromatic heterocycles. The highest BCUT2D eigenvalue weighted by molar-refractivity contribution is 7.12. The Kier molecular flexibility index (Phi) is 3.12. The van der Waals surface area contributed by atoms with Gasteiger partial charge < -0.3 is 10.4 Å². The van der Waals surface area contributed by atoms with Gasteiger partial charge in [0.1, 0.15) is 0 Å².